The van der Waals surface area contributed by atoms with Crippen molar-refractivity contribution in [3.05, 3.63) is 35.9 Å². The molecular weight excluding hydrogens is 254 g/mol. The van der Waals surface area contributed by atoms with Crippen molar-refractivity contribution in [3.63, 3.8) is 0 Å². The normalized spacial score (nSPS) is 18.4. The zero-order valence-corrected chi connectivity index (χ0v) is 11.4. The SMILES string of the molecule is N#Cc1cc2ccccc2nc1NCC1CCSC1. The molecule has 0 amide bonds. The molecule has 2 aromatic rings. The first-order valence-electron chi connectivity index (χ1n) is 6.48. The van der Waals surface area contributed by atoms with E-state index in [1.165, 1.54) is 17.9 Å². The Labute approximate surface area is 117 Å². The molecule has 1 atom stereocenters. The predicted octanol–water partition coefficient (Wildman–Crippen LogP) is 3.27. The number of nitriles is 1. The Morgan fingerprint density at radius 2 is 2.32 bits per heavy atom. The molecule has 19 heavy (non-hydrogen) atoms. The van der Waals surface area contributed by atoms with Crippen molar-refractivity contribution in [2.24, 2.45) is 5.92 Å². The summed E-state index contributed by atoms with van der Waals surface area (Å²) >= 11 is 2.00. The van der Waals surface area contributed by atoms with Crippen LogP contribution in [-0.4, -0.2) is 23.0 Å². The smallest absolute Gasteiger partial charge is 0.144 e. The van der Waals surface area contributed by atoms with E-state index in [1.807, 2.05) is 42.1 Å². The Balaban J connectivity index is 1.86. The van der Waals surface area contributed by atoms with Gasteiger partial charge in [-0.25, -0.2) is 4.98 Å². The summed E-state index contributed by atoms with van der Waals surface area (Å²) in [6.45, 7) is 0.910. The number of benzene rings is 1. The third-order valence-corrected chi connectivity index (χ3v) is 4.66. The minimum absolute atomic E-state index is 0.629. The van der Waals surface area contributed by atoms with Crippen molar-refractivity contribution in [1.82, 2.24) is 4.98 Å². The van der Waals surface area contributed by atoms with Gasteiger partial charge >= 0.3 is 0 Å². The fourth-order valence-electron chi connectivity index (χ4n) is 2.32. The zero-order valence-electron chi connectivity index (χ0n) is 10.6. The van der Waals surface area contributed by atoms with Gasteiger partial charge in [0.25, 0.3) is 0 Å². The minimum Gasteiger partial charge on any atom is -0.369 e. The van der Waals surface area contributed by atoms with Crippen molar-refractivity contribution < 1.29 is 0 Å². The highest BCUT2D eigenvalue weighted by atomic mass is 32.2. The Morgan fingerprint density at radius 1 is 1.42 bits per heavy atom. The lowest BCUT2D eigenvalue weighted by Gasteiger charge is -2.12. The van der Waals surface area contributed by atoms with Crippen LogP contribution in [0, 0.1) is 17.2 Å². The molecule has 1 aromatic heterocycles. The van der Waals surface area contributed by atoms with Crippen LogP contribution in [0.5, 0.6) is 0 Å². The number of para-hydroxylation sites is 1. The molecule has 0 radical (unpaired) electrons. The maximum absolute atomic E-state index is 9.24. The molecule has 1 N–H and O–H groups in total. The minimum atomic E-state index is 0.629. The highest BCUT2D eigenvalue weighted by Crippen LogP contribution is 2.25. The standard InChI is InChI=1S/C15H15N3S/c16-8-13-7-12-3-1-2-4-14(12)18-15(13)17-9-11-5-6-19-10-11/h1-4,7,11H,5-6,9-10H2,(H,17,18). The van der Waals surface area contributed by atoms with E-state index in [1.54, 1.807) is 0 Å². The Bertz CT molecular complexity index is 627. The lowest BCUT2D eigenvalue weighted by Crippen LogP contribution is -2.15. The summed E-state index contributed by atoms with van der Waals surface area (Å²) < 4.78 is 0. The van der Waals surface area contributed by atoms with Gasteiger partial charge < -0.3 is 5.32 Å². The second kappa shape index (κ2) is 5.50. The maximum atomic E-state index is 9.24. The topological polar surface area (TPSA) is 48.7 Å². The van der Waals surface area contributed by atoms with Crippen LogP contribution in [0.1, 0.15) is 12.0 Å². The fraction of sp³-hybridized carbons (Fsp3) is 0.333. The third-order valence-electron chi connectivity index (χ3n) is 3.43. The van der Waals surface area contributed by atoms with Crippen LogP contribution in [0.25, 0.3) is 10.9 Å². The summed E-state index contributed by atoms with van der Waals surface area (Å²) in [7, 11) is 0. The molecule has 0 spiro atoms. The quantitative estimate of drug-likeness (QED) is 0.929. The lowest BCUT2D eigenvalue weighted by molar-refractivity contribution is 0.630. The Morgan fingerprint density at radius 3 is 3.11 bits per heavy atom. The van der Waals surface area contributed by atoms with E-state index in [4.69, 9.17) is 0 Å². The summed E-state index contributed by atoms with van der Waals surface area (Å²) in [5.41, 5.74) is 1.56. The average Bonchev–Trinajstić information content (AvgIpc) is 2.97. The fourth-order valence-corrected chi connectivity index (χ4v) is 3.61. The molecule has 0 saturated carbocycles. The van der Waals surface area contributed by atoms with E-state index >= 15 is 0 Å². The average molecular weight is 269 g/mol. The van der Waals surface area contributed by atoms with Gasteiger partial charge in [0.15, 0.2) is 0 Å². The molecule has 1 saturated heterocycles. The van der Waals surface area contributed by atoms with Gasteiger partial charge in [-0.05, 0) is 36.0 Å². The van der Waals surface area contributed by atoms with E-state index in [-0.39, 0.29) is 0 Å². The molecule has 1 aliphatic heterocycles. The van der Waals surface area contributed by atoms with E-state index in [2.05, 4.69) is 16.4 Å². The first kappa shape index (κ1) is 12.3. The summed E-state index contributed by atoms with van der Waals surface area (Å²) in [4.78, 5) is 4.57. The summed E-state index contributed by atoms with van der Waals surface area (Å²) in [5, 5.41) is 13.6. The van der Waals surface area contributed by atoms with Crippen molar-refractivity contribution in [3.8, 4) is 6.07 Å². The highest BCUT2D eigenvalue weighted by molar-refractivity contribution is 7.99. The third kappa shape index (κ3) is 2.66. The van der Waals surface area contributed by atoms with Crippen LogP contribution in [-0.2, 0) is 0 Å². The highest BCUT2D eigenvalue weighted by Gasteiger charge is 2.16. The van der Waals surface area contributed by atoms with Crippen molar-refractivity contribution in [2.75, 3.05) is 23.4 Å². The van der Waals surface area contributed by atoms with Gasteiger partial charge in [-0.3, -0.25) is 0 Å². The number of pyridine rings is 1. The van der Waals surface area contributed by atoms with Gasteiger partial charge in [-0.2, -0.15) is 17.0 Å². The van der Waals surface area contributed by atoms with Crippen LogP contribution in [0.4, 0.5) is 5.82 Å². The van der Waals surface area contributed by atoms with Crippen LogP contribution >= 0.6 is 11.8 Å². The molecule has 1 fully saturated rings. The second-order valence-electron chi connectivity index (χ2n) is 4.80. The van der Waals surface area contributed by atoms with Gasteiger partial charge in [0.1, 0.15) is 11.9 Å². The number of nitrogens with zero attached hydrogens (tertiary/aromatic N) is 2. The molecule has 0 aliphatic carbocycles. The van der Waals surface area contributed by atoms with E-state index in [0.717, 1.165) is 23.3 Å². The monoisotopic (exact) mass is 269 g/mol. The summed E-state index contributed by atoms with van der Waals surface area (Å²) in [5.74, 6) is 3.88. The lowest BCUT2D eigenvalue weighted by atomic mass is 10.1. The summed E-state index contributed by atoms with van der Waals surface area (Å²) in [6, 6.07) is 12.0. The van der Waals surface area contributed by atoms with Gasteiger partial charge in [0, 0.05) is 11.9 Å². The van der Waals surface area contributed by atoms with Crippen LogP contribution in [0.2, 0.25) is 0 Å². The van der Waals surface area contributed by atoms with Crippen molar-refractivity contribution in [2.45, 2.75) is 6.42 Å². The molecular formula is C15H15N3S. The molecule has 3 rings (SSSR count). The van der Waals surface area contributed by atoms with Gasteiger partial charge in [-0.1, -0.05) is 18.2 Å². The van der Waals surface area contributed by atoms with Crippen molar-refractivity contribution in [1.29, 1.82) is 5.26 Å². The van der Waals surface area contributed by atoms with Gasteiger partial charge in [-0.15, -0.1) is 0 Å². The van der Waals surface area contributed by atoms with Crippen molar-refractivity contribution >= 4 is 28.5 Å². The summed E-state index contributed by atoms with van der Waals surface area (Å²) in [6.07, 6.45) is 1.26. The molecule has 3 nitrogen and oxygen atoms in total. The molecule has 2 heterocycles. The number of thioether (sulfide) groups is 1. The Hall–Kier alpha value is -1.73. The molecule has 1 aliphatic rings. The molecule has 4 heteroatoms. The Kier molecular flexibility index (Phi) is 3.56. The maximum Gasteiger partial charge on any atom is 0.144 e. The van der Waals surface area contributed by atoms with Gasteiger partial charge in [0.2, 0.25) is 0 Å². The molecule has 1 aromatic carbocycles. The number of fused-ring (bicyclic) bond motifs is 1. The number of nitrogens with one attached hydrogen (secondary N) is 1. The first-order valence-corrected chi connectivity index (χ1v) is 7.64. The number of hydrogen-bond donors (Lipinski definition) is 1. The van der Waals surface area contributed by atoms with Crippen LogP contribution in [0.15, 0.2) is 30.3 Å². The number of aromatic nitrogens is 1. The largest absolute Gasteiger partial charge is 0.369 e. The second-order valence-corrected chi connectivity index (χ2v) is 5.95. The van der Waals surface area contributed by atoms with Crippen LogP contribution in [0.3, 0.4) is 0 Å². The van der Waals surface area contributed by atoms with E-state index < -0.39 is 0 Å². The van der Waals surface area contributed by atoms with Gasteiger partial charge in [0.05, 0.1) is 11.1 Å². The molecule has 96 valence electrons. The van der Waals surface area contributed by atoms with Crippen LogP contribution < -0.4 is 5.32 Å². The van der Waals surface area contributed by atoms with E-state index in [9.17, 15) is 5.26 Å². The predicted molar refractivity (Wildman–Crippen MR) is 80.4 cm³/mol. The number of rotatable bonds is 3. The number of hydrogen-bond acceptors (Lipinski definition) is 4. The molecule has 0 bridgehead atoms. The molecule has 1 unspecified atom stereocenters. The van der Waals surface area contributed by atoms with E-state index in [0.29, 0.717) is 11.5 Å². The zero-order chi connectivity index (χ0) is 13.1. The number of anilines is 1. The first-order chi connectivity index (χ1) is 9.36.